The fourth-order valence-corrected chi connectivity index (χ4v) is 4.70. The standard InChI is InChI=1S/C30H22BrFN2O3S/c31-23-9-4-6-20(16-23)17-27(34-29(36)22-7-2-1-3-8-22)30(37)33-25-10-5-11-26(18-25)38-19-28(35)21-12-14-24(32)15-13-21/h1-18H,19H2,(H,33,37)(H,34,36)/b27-17-. The molecule has 0 aliphatic carbocycles. The van der Waals surface area contributed by atoms with Gasteiger partial charge >= 0.3 is 0 Å². The minimum absolute atomic E-state index is 0.0708. The van der Waals surface area contributed by atoms with Crippen LogP contribution in [0.15, 0.2) is 118 Å². The zero-order chi connectivity index (χ0) is 26.9. The molecule has 2 N–H and O–H groups in total. The van der Waals surface area contributed by atoms with Gasteiger partial charge in [-0.3, -0.25) is 14.4 Å². The molecule has 0 saturated carbocycles. The van der Waals surface area contributed by atoms with E-state index in [0.717, 1.165) is 14.9 Å². The van der Waals surface area contributed by atoms with E-state index in [4.69, 9.17) is 0 Å². The summed E-state index contributed by atoms with van der Waals surface area (Å²) < 4.78 is 14.0. The molecule has 0 aliphatic heterocycles. The van der Waals surface area contributed by atoms with Gasteiger partial charge in [-0.25, -0.2) is 4.39 Å². The van der Waals surface area contributed by atoms with Crippen molar-refractivity contribution in [3.8, 4) is 0 Å². The summed E-state index contributed by atoms with van der Waals surface area (Å²) in [6.45, 7) is 0. The van der Waals surface area contributed by atoms with E-state index in [0.29, 0.717) is 16.8 Å². The van der Waals surface area contributed by atoms with Gasteiger partial charge in [0, 0.05) is 26.2 Å². The number of Topliss-reactive ketones (excluding diaryl/α,β-unsaturated/α-hetero) is 1. The lowest BCUT2D eigenvalue weighted by Crippen LogP contribution is -2.30. The minimum Gasteiger partial charge on any atom is -0.321 e. The Morgan fingerprint density at radius 2 is 1.55 bits per heavy atom. The van der Waals surface area contributed by atoms with Crippen molar-refractivity contribution in [1.29, 1.82) is 0 Å². The lowest BCUT2D eigenvalue weighted by atomic mass is 10.1. The minimum atomic E-state index is -0.501. The van der Waals surface area contributed by atoms with Gasteiger partial charge < -0.3 is 10.6 Å². The summed E-state index contributed by atoms with van der Waals surface area (Å²) in [5.74, 6) is -1.29. The van der Waals surface area contributed by atoms with Crippen LogP contribution in [0.4, 0.5) is 10.1 Å². The van der Waals surface area contributed by atoms with Gasteiger partial charge in [0.15, 0.2) is 5.78 Å². The van der Waals surface area contributed by atoms with Crippen LogP contribution < -0.4 is 10.6 Å². The van der Waals surface area contributed by atoms with Crippen LogP contribution in [0, 0.1) is 5.82 Å². The van der Waals surface area contributed by atoms with Gasteiger partial charge in [-0.1, -0.05) is 52.3 Å². The summed E-state index contributed by atoms with van der Waals surface area (Å²) >= 11 is 4.73. The van der Waals surface area contributed by atoms with E-state index < -0.39 is 17.6 Å². The Labute approximate surface area is 232 Å². The van der Waals surface area contributed by atoms with Crippen molar-refractivity contribution in [2.24, 2.45) is 0 Å². The van der Waals surface area contributed by atoms with Crippen LogP contribution in [0.3, 0.4) is 0 Å². The van der Waals surface area contributed by atoms with E-state index in [1.807, 2.05) is 30.3 Å². The second-order valence-corrected chi connectivity index (χ2v) is 10.1. The summed E-state index contributed by atoms with van der Waals surface area (Å²) in [4.78, 5) is 39.3. The zero-order valence-electron chi connectivity index (χ0n) is 20.0. The maximum atomic E-state index is 13.3. The molecule has 0 atom stereocenters. The third-order valence-electron chi connectivity index (χ3n) is 5.32. The second-order valence-electron chi connectivity index (χ2n) is 8.13. The SMILES string of the molecule is O=C(Nc1cccc(SCC(=O)c2ccc(F)cc2)c1)/C(=C/c1cccc(Br)c1)NC(=O)c1ccccc1. The van der Waals surface area contributed by atoms with Crippen LogP contribution in [0.1, 0.15) is 26.3 Å². The van der Waals surface area contributed by atoms with Crippen molar-refractivity contribution < 1.29 is 18.8 Å². The summed E-state index contributed by atoms with van der Waals surface area (Å²) in [6, 6.07) is 28.5. The van der Waals surface area contributed by atoms with Gasteiger partial charge in [-0.05, 0) is 78.4 Å². The van der Waals surface area contributed by atoms with E-state index in [9.17, 15) is 18.8 Å². The van der Waals surface area contributed by atoms with Gasteiger partial charge in [-0.15, -0.1) is 11.8 Å². The Morgan fingerprint density at radius 1 is 0.816 bits per heavy atom. The van der Waals surface area contributed by atoms with Crippen LogP contribution in [0.25, 0.3) is 6.08 Å². The summed E-state index contributed by atoms with van der Waals surface area (Å²) in [5.41, 5.74) is 2.15. The highest BCUT2D eigenvalue weighted by atomic mass is 79.9. The molecule has 0 aliphatic rings. The lowest BCUT2D eigenvalue weighted by Gasteiger charge is -2.12. The molecule has 8 heteroatoms. The topological polar surface area (TPSA) is 75.3 Å². The van der Waals surface area contributed by atoms with E-state index >= 15 is 0 Å². The van der Waals surface area contributed by atoms with E-state index in [-0.39, 0.29) is 17.2 Å². The van der Waals surface area contributed by atoms with Crippen LogP contribution in [0.5, 0.6) is 0 Å². The van der Waals surface area contributed by atoms with Crippen molar-refractivity contribution in [3.63, 3.8) is 0 Å². The Morgan fingerprint density at radius 3 is 2.29 bits per heavy atom. The van der Waals surface area contributed by atoms with E-state index in [2.05, 4.69) is 26.6 Å². The first-order valence-corrected chi connectivity index (χ1v) is 13.3. The number of hydrogen-bond donors (Lipinski definition) is 2. The summed E-state index contributed by atoms with van der Waals surface area (Å²) in [6.07, 6.45) is 1.60. The fourth-order valence-electron chi connectivity index (χ4n) is 3.44. The molecule has 0 unspecified atom stereocenters. The summed E-state index contributed by atoms with van der Waals surface area (Å²) in [7, 11) is 0. The van der Waals surface area contributed by atoms with Crippen LogP contribution >= 0.6 is 27.7 Å². The molecule has 4 aromatic carbocycles. The molecule has 2 amide bonds. The number of rotatable bonds is 9. The molecule has 0 saturated heterocycles. The van der Waals surface area contributed by atoms with Crippen molar-refractivity contribution in [2.75, 3.05) is 11.1 Å². The normalized spacial score (nSPS) is 11.1. The number of carbonyl (C=O) groups is 3. The number of anilines is 1. The predicted molar refractivity (Wildman–Crippen MR) is 153 cm³/mol. The molecule has 4 aromatic rings. The number of benzene rings is 4. The van der Waals surface area contributed by atoms with Gasteiger partial charge in [0.1, 0.15) is 11.5 Å². The Kier molecular flexibility index (Phi) is 9.24. The molecule has 0 bridgehead atoms. The van der Waals surface area contributed by atoms with E-state index in [1.54, 1.807) is 54.6 Å². The van der Waals surface area contributed by atoms with Crippen LogP contribution in [-0.4, -0.2) is 23.4 Å². The van der Waals surface area contributed by atoms with Crippen molar-refractivity contribution in [2.45, 2.75) is 4.90 Å². The highest BCUT2D eigenvalue weighted by Crippen LogP contribution is 2.23. The van der Waals surface area contributed by atoms with Crippen molar-refractivity contribution in [1.82, 2.24) is 5.32 Å². The number of ketones is 1. The largest absolute Gasteiger partial charge is 0.321 e. The quantitative estimate of drug-likeness (QED) is 0.126. The van der Waals surface area contributed by atoms with Gasteiger partial charge in [0.2, 0.25) is 0 Å². The smallest absolute Gasteiger partial charge is 0.272 e. The zero-order valence-corrected chi connectivity index (χ0v) is 22.4. The van der Waals surface area contributed by atoms with Gasteiger partial charge in [-0.2, -0.15) is 0 Å². The number of hydrogen-bond acceptors (Lipinski definition) is 4. The fraction of sp³-hybridized carbons (Fsp3) is 0.0333. The Bertz CT molecular complexity index is 1490. The average molecular weight is 589 g/mol. The molecule has 0 heterocycles. The summed E-state index contributed by atoms with van der Waals surface area (Å²) in [5, 5.41) is 5.54. The number of carbonyl (C=O) groups excluding carboxylic acids is 3. The van der Waals surface area contributed by atoms with Crippen LogP contribution in [-0.2, 0) is 4.79 Å². The number of nitrogens with one attached hydrogen (secondary N) is 2. The highest BCUT2D eigenvalue weighted by Gasteiger charge is 2.16. The first kappa shape index (κ1) is 27.0. The molecule has 0 spiro atoms. The molecule has 38 heavy (non-hydrogen) atoms. The van der Waals surface area contributed by atoms with Gasteiger partial charge in [0.25, 0.3) is 11.8 Å². The Hall–Kier alpha value is -4.01. The third kappa shape index (κ3) is 7.74. The number of amides is 2. The maximum absolute atomic E-state index is 13.3. The van der Waals surface area contributed by atoms with Crippen molar-refractivity contribution >= 4 is 57.1 Å². The lowest BCUT2D eigenvalue weighted by molar-refractivity contribution is -0.113. The monoisotopic (exact) mass is 588 g/mol. The molecule has 0 fully saturated rings. The second kappa shape index (κ2) is 13.0. The molecule has 5 nitrogen and oxygen atoms in total. The highest BCUT2D eigenvalue weighted by molar-refractivity contribution is 9.10. The van der Waals surface area contributed by atoms with Crippen LogP contribution in [0.2, 0.25) is 0 Å². The molecular weight excluding hydrogens is 567 g/mol. The molecule has 4 rings (SSSR count). The average Bonchev–Trinajstić information content (AvgIpc) is 2.92. The molecular formula is C30H22BrFN2O3S. The molecule has 190 valence electrons. The molecule has 0 radical (unpaired) electrons. The third-order valence-corrected chi connectivity index (χ3v) is 6.80. The Balaban J connectivity index is 1.49. The predicted octanol–water partition coefficient (Wildman–Crippen LogP) is 6.97. The number of halogens is 2. The number of thioether (sulfide) groups is 1. The molecule has 0 aromatic heterocycles. The first-order chi connectivity index (χ1) is 18.4. The van der Waals surface area contributed by atoms with Crippen molar-refractivity contribution in [3.05, 3.63) is 136 Å². The first-order valence-electron chi connectivity index (χ1n) is 11.5. The van der Waals surface area contributed by atoms with Gasteiger partial charge in [0.05, 0.1) is 5.75 Å². The van der Waals surface area contributed by atoms with E-state index in [1.165, 1.54) is 36.0 Å². The maximum Gasteiger partial charge on any atom is 0.272 e.